The van der Waals surface area contributed by atoms with E-state index in [1.165, 1.54) is 22.2 Å². The van der Waals surface area contributed by atoms with E-state index in [0.717, 1.165) is 0 Å². The number of rotatable bonds is 5. The lowest BCUT2D eigenvalue weighted by atomic mass is 10.2. The van der Waals surface area contributed by atoms with Gasteiger partial charge in [0.25, 0.3) is 0 Å². The first-order valence-electron chi connectivity index (χ1n) is 7.00. The van der Waals surface area contributed by atoms with Gasteiger partial charge >= 0.3 is 0 Å². The molecule has 0 unspecified atom stereocenters. The lowest BCUT2D eigenvalue weighted by Crippen LogP contribution is -2.22. The monoisotopic (exact) mass is 343 g/mol. The van der Waals surface area contributed by atoms with E-state index in [9.17, 15) is 14.4 Å². The number of hydrogen-bond acceptors (Lipinski definition) is 6. The molecule has 24 heavy (non-hydrogen) atoms. The minimum absolute atomic E-state index is 0.0261. The summed E-state index contributed by atoms with van der Waals surface area (Å²) in [6, 6.07) is 6.94. The molecule has 122 valence electrons. The van der Waals surface area contributed by atoms with Gasteiger partial charge in [0.05, 0.1) is 23.8 Å². The van der Waals surface area contributed by atoms with Crippen LogP contribution >= 0.6 is 11.3 Å². The van der Waals surface area contributed by atoms with Gasteiger partial charge in [0.15, 0.2) is 5.13 Å². The van der Waals surface area contributed by atoms with Crippen LogP contribution < -0.4 is 16.5 Å². The van der Waals surface area contributed by atoms with Crippen LogP contribution in [-0.2, 0) is 22.6 Å². The summed E-state index contributed by atoms with van der Waals surface area (Å²) in [5.74, 6) is -0.821. The van der Waals surface area contributed by atoms with Crippen molar-refractivity contribution in [1.29, 1.82) is 0 Å². The fourth-order valence-corrected chi connectivity index (χ4v) is 2.93. The Labute approximate surface area is 139 Å². The number of fused-ring (bicyclic) bond motifs is 1. The fraction of sp³-hybridized carbons (Fsp3) is 0.133. The van der Waals surface area contributed by atoms with Crippen molar-refractivity contribution in [3.8, 4) is 0 Å². The van der Waals surface area contributed by atoms with Crippen molar-refractivity contribution in [1.82, 2.24) is 14.8 Å². The number of carbonyl (C=O) groups excluding carboxylic acids is 2. The molecule has 0 bridgehead atoms. The van der Waals surface area contributed by atoms with Gasteiger partial charge < -0.3 is 11.1 Å². The second-order valence-electron chi connectivity index (χ2n) is 5.02. The molecule has 0 fully saturated rings. The number of para-hydroxylation sites is 1. The first-order valence-corrected chi connectivity index (χ1v) is 7.88. The molecule has 0 saturated heterocycles. The topological polar surface area (TPSA) is 120 Å². The highest BCUT2D eigenvalue weighted by atomic mass is 32.1. The van der Waals surface area contributed by atoms with E-state index in [1.54, 1.807) is 29.6 Å². The van der Waals surface area contributed by atoms with Crippen molar-refractivity contribution in [2.24, 2.45) is 5.73 Å². The molecule has 1 aromatic carbocycles. The van der Waals surface area contributed by atoms with Gasteiger partial charge in [-0.2, -0.15) is 5.10 Å². The van der Waals surface area contributed by atoms with Crippen LogP contribution in [0, 0.1) is 0 Å². The maximum atomic E-state index is 12.2. The number of nitrogens with zero attached hydrogens (tertiary/aromatic N) is 3. The van der Waals surface area contributed by atoms with E-state index in [1.807, 2.05) is 0 Å². The number of benzene rings is 1. The summed E-state index contributed by atoms with van der Waals surface area (Å²) in [4.78, 5) is 38.9. The van der Waals surface area contributed by atoms with Crippen LogP contribution in [0.3, 0.4) is 0 Å². The number of thiazole rings is 1. The Bertz CT molecular complexity index is 978. The van der Waals surface area contributed by atoms with Crippen LogP contribution in [0.25, 0.3) is 10.9 Å². The molecule has 3 rings (SSSR count). The first kappa shape index (κ1) is 15.8. The SMILES string of the molecule is NC(=O)Cc1csc(NC(=O)Cn2ncc(=O)c3ccccc32)n1. The van der Waals surface area contributed by atoms with Crippen LogP contribution in [-0.4, -0.2) is 26.6 Å². The van der Waals surface area contributed by atoms with Gasteiger partial charge in [0.2, 0.25) is 17.2 Å². The quantitative estimate of drug-likeness (QED) is 0.700. The number of anilines is 1. The van der Waals surface area contributed by atoms with Crippen LogP contribution in [0.2, 0.25) is 0 Å². The number of nitrogens with one attached hydrogen (secondary N) is 1. The molecule has 0 atom stereocenters. The lowest BCUT2D eigenvalue weighted by Gasteiger charge is -2.08. The predicted octanol–water partition coefficient (Wildman–Crippen LogP) is 0.519. The highest BCUT2D eigenvalue weighted by molar-refractivity contribution is 7.13. The normalized spacial score (nSPS) is 10.7. The van der Waals surface area contributed by atoms with Crippen molar-refractivity contribution < 1.29 is 9.59 Å². The van der Waals surface area contributed by atoms with Crippen molar-refractivity contribution in [3.05, 3.63) is 51.8 Å². The zero-order valence-corrected chi connectivity index (χ0v) is 13.2. The smallest absolute Gasteiger partial charge is 0.247 e. The van der Waals surface area contributed by atoms with Crippen molar-refractivity contribution in [3.63, 3.8) is 0 Å². The van der Waals surface area contributed by atoms with E-state index < -0.39 is 5.91 Å². The number of carbonyl (C=O) groups is 2. The molecule has 2 amide bonds. The maximum Gasteiger partial charge on any atom is 0.247 e. The van der Waals surface area contributed by atoms with Crippen molar-refractivity contribution in [2.45, 2.75) is 13.0 Å². The van der Waals surface area contributed by atoms with Gasteiger partial charge in [0, 0.05) is 10.8 Å². The second-order valence-corrected chi connectivity index (χ2v) is 5.88. The molecule has 9 heteroatoms. The molecule has 0 aliphatic carbocycles. The molecule has 2 heterocycles. The van der Waals surface area contributed by atoms with E-state index in [-0.39, 0.29) is 24.3 Å². The summed E-state index contributed by atoms with van der Waals surface area (Å²) in [6.45, 7) is -0.0640. The summed E-state index contributed by atoms with van der Waals surface area (Å²) >= 11 is 1.21. The van der Waals surface area contributed by atoms with Crippen LogP contribution in [0.4, 0.5) is 5.13 Å². The zero-order valence-electron chi connectivity index (χ0n) is 12.4. The number of nitrogens with two attached hydrogens (primary N) is 1. The van der Waals surface area contributed by atoms with Crippen LogP contribution in [0.1, 0.15) is 5.69 Å². The van der Waals surface area contributed by atoms with E-state index in [4.69, 9.17) is 5.73 Å². The Morgan fingerprint density at radius 1 is 1.29 bits per heavy atom. The van der Waals surface area contributed by atoms with E-state index in [2.05, 4.69) is 15.4 Å². The maximum absolute atomic E-state index is 12.2. The van der Waals surface area contributed by atoms with Crippen LogP contribution in [0.5, 0.6) is 0 Å². The van der Waals surface area contributed by atoms with Crippen LogP contribution in [0.15, 0.2) is 40.6 Å². The third-order valence-corrected chi connectivity index (χ3v) is 4.02. The molecule has 8 nitrogen and oxygen atoms in total. The Balaban J connectivity index is 1.76. The zero-order chi connectivity index (χ0) is 17.1. The molecule has 0 aliphatic heterocycles. The standard InChI is InChI=1S/C15H13N5O3S/c16-13(22)5-9-8-24-15(18-9)19-14(23)7-20-11-4-2-1-3-10(11)12(21)6-17-20/h1-4,6,8H,5,7H2,(H2,16,22)(H,18,19,23). The fourth-order valence-electron chi connectivity index (χ4n) is 2.21. The lowest BCUT2D eigenvalue weighted by molar-refractivity contribution is -0.117. The Hall–Kier alpha value is -3.07. The van der Waals surface area contributed by atoms with Gasteiger partial charge in [0.1, 0.15) is 6.54 Å². The molecular weight excluding hydrogens is 330 g/mol. The molecule has 0 spiro atoms. The third kappa shape index (κ3) is 3.46. The minimum atomic E-state index is -0.484. The average molecular weight is 343 g/mol. The average Bonchev–Trinajstić information content (AvgIpc) is 2.96. The molecule has 0 saturated carbocycles. The van der Waals surface area contributed by atoms with Gasteiger partial charge in [-0.25, -0.2) is 4.98 Å². The summed E-state index contributed by atoms with van der Waals surface area (Å²) in [6.07, 6.45) is 1.21. The minimum Gasteiger partial charge on any atom is -0.369 e. The van der Waals surface area contributed by atoms with Gasteiger partial charge in [-0.1, -0.05) is 12.1 Å². The Morgan fingerprint density at radius 2 is 2.08 bits per heavy atom. The Kier molecular flexibility index (Phi) is 4.34. The molecule has 2 aromatic heterocycles. The molecule has 0 aliphatic rings. The van der Waals surface area contributed by atoms with Crippen molar-refractivity contribution in [2.75, 3.05) is 5.32 Å². The van der Waals surface area contributed by atoms with E-state index in [0.29, 0.717) is 21.7 Å². The predicted molar refractivity (Wildman–Crippen MR) is 89.6 cm³/mol. The molecule has 0 radical (unpaired) electrons. The number of primary amides is 1. The summed E-state index contributed by atoms with van der Waals surface area (Å²) in [5, 5.41) is 9.17. The second kappa shape index (κ2) is 6.59. The van der Waals surface area contributed by atoms with Crippen molar-refractivity contribution >= 4 is 39.2 Å². The summed E-state index contributed by atoms with van der Waals surface area (Å²) < 4.78 is 1.45. The molecular formula is C15H13N5O3S. The largest absolute Gasteiger partial charge is 0.369 e. The highest BCUT2D eigenvalue weighted by Crippen LogP contribution is 2.16. The molecule has 3 N–H and O–H groups in total. The number of aromatic nitrogens is 3. The number of amides is 2. The summed E-state index contributed by atoms with van der Waals surface area (Å²) in [7, 11) is 0. The Morgan fingerprint density at radius 3 is 2.88 bits per heavy atom. The van der Waals surface area contributed by atoms with E-state index >= 15 is 0 Å². The van der Waals surface area contributed by atoms with Gasteiger partial charge in [-0.15, -0.1) is 11.3 Å². The highest BCUT2D eigenvalue weighted by Gasteiger charge is 2.11. The summed E-state index contributed by atoms with van der Waals surface area (Å²) in [5.41, 5.74) is 5.99. The van der Waals surface area contributed by atoms with Gasteiger partial charge in [-0.3, -0.25) is 19.1 Å². The first-order chi connectivity index (χ1) is 11.5. The number of hydrogen-bond donors (Lipinski definition) is 2. The molecule has 3 aromatic rings. The third-order valence-electron chi connectivity index (χ3n) is 3.21. The van der Waals surface area contributed by atoms with Gasteiger partial charge in [-0.05, 0) is 12.1 Å².